The summed E-state index contributed by atoms with van der Waals surface area (Å²) in [5, 5.41) is 2.72. The van der Waals surface area contributed by atoms with Crippen LogP contribution in [-0.4, -0.2) is 60.9 Å². The molecule has 1 aliphatic rings. The van der Waals surface area contributed by atoms with Crippen molar-refractivity contribution in [1.82, 2.24) is 14.5 Å². The Bertz CT molecular complexity index is 1290. The largest absolute Gasteiger partial charge is 0.416 e. The van der Waals surface area contributed by atoms with Gasteiger partial charge in [0.15, 0.2) is 0 Å². The van der Waals surface area contributed by atoms with E-state index < -0.39 is 38.6 Å². The van der Waals surface area contributed by atoms with E-state index in [-0.39, 0.29) is 50.7 Å². The highest BCUT2D eigenvalue weighted by molar-refractivity contribution is 7.89. The maximum atomic E-state index is 13.4. The lowest BCUT2D eigenvalue weighted by Crippen LogP contribution is -2.61. The summed E-state index contributed by atoms with van der Waals surface area (Å²) in [7, 11) is -4.38. The van der Waals surface area contributed by atoms with E-state index in [4.69, 9.17) is 0 Å². The number of rotatable bonds is 9. The van der Waals surface area contributed by atoms with Gasteiger partial charge in [-0.2, -0.15) is 17.5 Å². The molecule has 212 valence electrons. The summed E-state index contributed by atoms with van der Waals surface area (Å²) in [6.45, 7) is 5.04. The Kier molecular flexibility index (Phi) is 9.55. The molecule has 1 atom stereocenters. The first-order valence-corrected chi connectivity index (χ1v) is 14.0. The van der Waals surface area contributed by atoms with Crippen molar-refractivity contribution in [2.24, 2.45) is 0 Å². The summed E-state index contributed by atoms with van der Waals surface area (Å²) < 4.78 is 66.8. The minimum absolute atomic E-state index is 0.0200. The molecule has 0 spiro atoms. The highest BCUT2D eigenvalue weighted by atomic mass is 32.2. The van der Waals surface area contributed by atoms with Gasteiger partial charge < -0.3 is 15.0 Å². The molecule has 2 aromatic carbocycles. The van der Waals surface area contributed by atoms with Gasteiger partial charge in [-0.05, 0) is 48.2 Å². The predicted octanol–water partition coefficient (Wildman–Crippen LogP) is 3.72. The Morgan fingerprint density at radius 1 is 0.974 bits per heavy atom. The van der Waals surface area contributed by atoms with Crippen molar-refractivity contribution in [3.8, 4) is 0 Å². The number of carbonyl (C=O) groups excluding carboxylic acids is 3. The third kappa shape index (κ3) is 7.66. The van der Waals surface area contributed by atoms with E-state index in [0.717, 1.165) is 27.6 Å². The van der Waals surface area contributed by atoms with Gasteiger partial charge in [-0.25, -0.2) is 8.42 Å². The number of sulfonamides is 1. The van der Waals surface area contributed by atoms with Gasteiger partial charge in [0.2, 0.25) is 21.8 Å². The van der Waals surface area contributed by atoms with Gasteiger partial charge in [0.05, 0.1) is 10.5 Å². The fourth-order valence-corrected chi connectivity index (χ4v) is 5.78. The number of benzene rings is 2. The number of nitrogens with zero attached hydrogens (tertiary/aromatic N) is 2. The van der Waals surface area contributed by atoms with Gasteiger partial charge >= 0.3 is 6.18 Å². The summed E-state index contributed by atoms with van der Waals surface area (Å²) in [6.07, 6.45) is -4.69. The zero-order valence-electron chi connectivity index (χ0n) is 22.0. The minimum atomic E-state index is -4.63. The lowest BCUT2D eigenvalue weighted by Gasteiger charge is -2.39. The molecule has 0 aromatic heterocycles. The lowest BCUT2D eigenvalue weighted by atomic mass is 10.0. The van der Waals surface area contributed by atoms with Gasteiger partial charge in [0.25, 0.3) is 0 Å². The summed E-state index contributed by atoms with van der Waals surface area (Å²) in [4.78, 5) is 38.2. The zero-order chi connectivity index (χ0) is 29.0. The topological polar surface area (TPSA) is 104 Å². The summed E-state index contributed by atoms with van der Waals surface area (Å²) in [5.74, 6) is -0.891. The van der Waals surface area contributed by atoms with Crippen LogP contribution >= 0.6 is 0 Å². The Labute approximate surface area is 226 Å². The van der Waals surface area contributed by atoms with Crippen molar-refractivity contribution in [3.63, 3.8) is 0 Å². The third-order valence-corrected chi connectivity index (χ3v) is 8.50. The fraction of sp³-hybridized carbons (Fsp3) is 0.444. The number of alkyl halides is 3. The highest BCUT2D eigenvalue weighted by Crippen LogP contribution is 2.31. The first kappa shape index (κ1) is 30.3. The van der Waals surface area contributed by atoms with E-state index in [1.807, 2.05) is 24.3 Å². The number of hydrogen-bond acceptors (Lipinski definition) is 5. The summed E-state index contributed by atoms with van der Waals surface area (Å²) in [6, 6.07) is 9.31. The van der Waals surface area contributed by atoms with Crippen molar-refractivity contribution < 1.29 is 36.0 Å². The normalized spacial score (nSPS) is 16.8. The monoisotopic (exact) mass is 567 g/mol. The van der Waals surface area contributed by atoms with Gasteiger partial charge in [-0.3, -0.25) is 9.59 Å². The molecule has 1 heterocycles. The smallest absolute Gasteiger partial charge is 0.351 e. The molecule has 0 radical (unpaired) electrons. The first-order chi connectivity index (χ1) is 18.2. The number of halogens is 3. The number of nitrogens with one attached hydrogen (secondary N) is 1. The fourth-order valence-electron chi connectivity index (χ4n) is 4.21. The molecular formula is C27H32F3N3O5S. The van der Waals surface area contributed by atoms with Crippen molar-refractivity contribution in [2.75, 3.05) is 19.6 Å². The molecule has 3 rings (SSSR count). The molecule has 1 aliphatic heterocycles. The number of piperazine rings is 1. The maximum Gasteiger partial charge on any atom is 0.416 e. The number of carbonyl (C=O) groups is 3. The first-order valence-electron chi connectivity index (χ1n) is 12.5. The van der Waals surface area contributed by atoms with Crippen LogP contribution in [0.3, 0.4) is 0 Å². The van der Waals surface area contributed by atoms with Crippen molar-refractivity contribution in [2.45, 2.75) is 63.2 Å². The molecule has 2 aromatic rings. The van der Waals surface area contributed by atoms with Gasteiger partial charge in [-0.1, -0.05) is 38.1 Å². The summed E-state index contributed by atoms with van der Waals surface area (Å²) in [5.41, 5.74) is 0.904. The number of Topliss-reactive ketones (excluding diaryl/α,β-unsaturated/α-hetero) is 1. The number of hydrogen-bond donors (Lipinski definition) is 1. The Morgan fingerprint density at radius 2 is 1.59 bits per heavy atom. The molecule has 0 bridgehead atoms. The number of amides is 2. The van der Waals surface area contributed by atoms with Crippen molar-refractivity contribution in [1.29, 1.82) is 0 Å². The van der Waals surface area contributed by atoms with Crippen LogP contribution in [0.1, 0.15) is 56.2 Å². The predicted molar refractivity (Wildman–Crippen MR) is 138 cm³/mol. The Balaban J connectivity index is 1.84. The van der Waals surface area contributed by atoms with Crippen LogP contribution in [0.2, 0.25) is 0 Å². The zero-order valence-corrected chi connectivity index (χ0v) is 22.8. The van der Waals surface area contributed by atoms with Crippen molar-refractivity contribution >= 4 is 27.6 Å². The second kappa shape index (κ2) is 12.3. The van der Waals surface area contributed by atoms with E-state index in [9.17, 15) is 36.0 Å². The molecule has 39 heavy (non-hydrogen) atoms. The second-order valence-electron chi connectivity index (χ2n) is 9.81. The van der Waals surface area contributed by atoms with Crippen LogP contribution in [-0.2, 0) is 37.1 Å². The Hall–Kier alpha value is -3.25. The molecule has 1 fully saturated rings. The minimum Gasteiger partial charge on any atom is -0.351 e. The van der Waals surface area contributed by atoms with E-state index in [1.54, 1.807) is 0 Å². The second-order valence-corrected chi connectivity index (χ2v) is 11.7. The van der Waals surface area contributed by atoms with Crippen LogP contribution in [0.5, 0.6) is 0 Å². The SMILES string of the molecule is CC(=O)CCC(=O)N1CCN(S(=O)(=O)c2ccc(C(F)(F)F)cc2)[C@@H](C(=O)NCc2ccc(C(C)C)cc2)C1. The molecule has 8 nitrogen and oxygen atoms in total. The van der Waals surface area contributed by atoms with E-state index in [2.05, 4.69) is 19.2 Å². The molecule has 1 N–H and O–H groups in total. The van der Waals surface area contributed by atoms with E-state index in [1.165, 1.54) is 11.8 Å². The maximum absolute atomic E-state index is 13.4. The molecule has 1 saturated heterocycles. The third-order valence-electron chi connectivity index (χ3n) is 6.58. The average molecular weight is 568 g/mol. The van der Waals surface area contributed by atoms with Crippen LogP contribution in [0.15, 0.2) is 53.4 Å². The van der Waals surface area contributed by atoms with E-state index >= 15 is 0 Å². The quantitative estimate of drug-likeness (QED) is 0.498. The van der Waals surface area contributed by atoms with Crippen LogP contribution < -0.4 is 5.32 Å². The number of ketones is 1. The molecular weight excluding hydrogens is 535 g/mol. The highest BCUT2D eigenvalue weighted by Gasteiger charge is 2.41. The van der Waals surface area contributed by atoms with Crippen LogP contribution in [0.4, 0.5) is 13.2 Å². The van der Waals surface area contributed by atoms with Gasteiger partial charge in [-0.15, -0.1) is 0 Å². The molecule has 0 aliphatic carbocycles. The van der Waals surface area contributed by atoms with Gasteiger partial charge in [0, 0.05) is 39.0 Å². The average Bonchev–Trinajstić information content (AvgIpc) is 2.89. The summed E-state index contributed by atoms with van der Waals surface area (Å²) >= 11 is 0. The lowest BCUT2D eigenvalue weighted by molar-refractivity contribution is -0.138. The van der Waals surface area contributed by atoms with Crippen LogP contribution in [0.25, 0.3) is 0 Å². The van der Waals surface area contributed by atoms with Crippen LogP contribution in [0, 0.1) is 0 Å². The Morgan fingerprint density at radius 3 is 2.13 bits per heavy atom. The standard InChI is InChI=1S/C27H32F3N3O5S/c1-18(2)21-7-5-20(6-8-21)16-31-26(36)24-17-32(25(35)13-4-19(3)34)14-15-33(24)39(37,38)23-11-9-22(10-12-23)27(28,29)30/h5-12,18,24H,4,13-17H2,1-3H3,(H,31,36)/t24-/m1/s1. The van der Waals surface area contributed by atoms with Crippen molar-refractivity contribution in [3.05, 3.63) is 65.2 Å². The van der Waals surface area contributed by atoms with E-state index in [0.29, 0.717) is 18.1 Å². The molecule has 0 unspecified atom stereocenters. The molecule has 12 heteroatoms. The molecule has 2 amide bonds. The van der Waals surface area contributed by atoms with Gasteiger partial charge in [0.1, 0.15) is 11.8 Å². The molecule has 0 saturated carbocycles.